The number of hydrogen-bond donors (Lipinski definition) is 0. The van der Waals surface area contributed by atoms with E-state index in [0.717, 1.165) is 87.4 Å². The summed E-state index contributed by atoms with van der Waals surface area (Å²) >= 11 is 0. The van der Waals surface area contributed by atoms with Gasteiger partial charge in [-0.15, -0.1) is 0 Å². The highest BCUT2D eigenvalue weighted by Gasteiger charge is 2.39. The summed E-state index contributed by atoms with van der Waals surface area (Å²) in [6.07, 6.45) is 1.13. The first kappa shape index (κ1) is 53.3. The van der Waals surface area contributed by atoms with Crippen molar-refractivity contribution >= 4 is 35.0 Å². The van der Waals surface area contributed by atoms with Crippen LogP contribution >= 0.6 is 0 Å². The number of benzene rings is 1. The van der Waals surface area contributed by atoms with Crippen molar-refractivity contribution in [3.05, 3.63) is 166 Å². The molecule has 22 heteroatoms. The second-order valence-electron chi connectivity index (χ2n) is 22.7. The van der Waals surface area contributed by atoms with Crippen LogP contribution in [-0.4, -0.2) is 107 Å². The molecule has 0 unspecified atom stereocenters. The SMILES string of the molecule is COc1cccc(N2CC(CC(=O)N3Cc4c(CCn5c6c(c(C)cc5=O)CN(C(=O)CC5CN(c7ccncn7)C5)C6)cc(=O)n(CCc5cc(=O)n(C)c6c5CN(C(=O)CC5CN(c7ccc(C(F)(F)F)cn7)C5)C6)c4C3)C2)c1. The average Bonchev–Trinajstić information content (AvgIpc) is 4.36. The third kappa shape index (κ3) is 10.6. The van der Waals surface area contributed by atoms with E-state index in [1.54, 1.807) is 57.2 Å². The number of nitrogens with zero attached hydrogens (tertiary/aromatic N) is 12. The van der Waals surface area contributed by atoms with Gasteiger partial charge in [-0.1, -0.05) is 6.07 Å². The van der Waals surface area contributed by atoms with Crippen LogP contribution in [0.5, 0.6) is 5.75 Å². The van der Waals surface area contributed by atoms with Crippen molar-refractivity contribution in [1.82, 2.24) is 43.4 Å². The van der Waals surface area contributed by atoms with Crippen molar-refractivity contribution in [3.63, 3.8) is 0 Å². The zero-order chi connectivity index (χ0) is 56.4. The Kier molecular flexibility index (Phi) is 14.0. The fourth-order valence-corrected chi connectivity index (χ4v) is 12.7. The van der Waals surface area contributed by atoms with Crippen LogP contribution in [0, 0.1) is 24.7 Å². The van der Waals surface area contributed by atoms with E-state index in [4.69, 9.17) is 4.74 Å². The van der Waals surface area contributed by atoms with Gasteiger partial charge in [0, 0.05) is 175 Å². The topological polar surface area (TPSA) is 185 Å². The molecule has 6 aliphatic heterocycles. The molecule has 5 aromatic heterocycles. The first-order valence-electron chi connectivity index (χ1n) is 27.6. The number of amides is 3. The average molecular weight is 1110 g/mol. The summed E-state index contributed by atoms with van der Waals surface area (Å²) in [4.78, 5) is 108. The Morgan fingerprint density at radius 2 is 1.12 bits per heavy atom. The van der Waals surface area contributed by atoms with Crippen molar-refractivity contribution in [2.75, 3.05) is 61.1 Å². The molecule has 0 bridgehead atoms. The van der Waals surface area contributed by atoms with E-state index in [9.17, 15) is 41.9 Å². The predicted octanol–water partition coefficient (Wildman–Crippen LogP) is 4.82. The van der Waals surface area contributed by atoms with Gasteiger partial charge in [0.25, 0.3) is 16.7 Å². The zero-order valence-corrected chi connectivity index (χ0v) is 45.5. The molecule has 3 amide bonds. The number of methoxy groups -OCH3 is 1. The lowest BCUT2D eigenvalue weighted by Gasteiger charge is -2.41. The van der Waals surface area contributed by atoms with Crippen LogP contribution in [0.1, 0.15) is 75.3 Å². The molecule has 0 N–H and O–H groups in total. The highest BCUT2D eigenvalue weighted by atomic mass is 19.4. The summed E-state index contributed by atoms with van der Waals surface area (Å²) in [6, 6.07) is 16.9. The number of rotatable bonds is 16. The van der Waals surface area contributed by atoms with Gasteiger partial charge in [-0.3, -0.25) is 28.8 Å². The number of alkyl halides is 3. The highest BCUT2D eigenvalue weighted by Crippen LogP contribution is 2.36. The van der Waals surface area contributed by atoms with E-state index in [0.29, 0.717) is 76.5 Å². The molecule has 3 saturated heterocycles. The summed E-state index contributed by atoms with van der Waals surface area (Å²) in [5.41, 5.74) is 6.70. The van der Waals surface area contributed by atoms with Crippen molar-refractivity contribution in [3.8, 4) is 5.75 Å². The molecule has 81 heavy (non-hydrogen) atoms. The minimum atomic E-state index is -4.48. The first-order chi connectivity index (χ1) is 38.9. The predicted molar refractivity (Wildman–Crippen MR) is 293 cm³/mol. The molecule has 0 aliphatic carbocycles. The lowest BCUT2D eigenvalue weighted by atomic mass is 9.95. The van der Waals surface area contributed by atoms with Crippen LogP contribution in [0.15, 0.2) is 93.8 Å². The van der Waals surface area contributed by atoms with E-state index >= 15 is 0 Å². The quantitative estimate of drug-likeness (QED) is 0.129. The third-order valence-electron chi connectivity index (χ3n) is 17.5. The lowest BCUT2D eigenvalue weighted by molar-refractivity contribution is -0.138. The van der Waals surface area contributed by atoms with Gasteiger partial charge in [0.1, 0.15) is 23.7 Å². The summed E-state index contributed by atoms with van der Waals surface area (Å²) < 4.78 is 49.8. The van der Waals surface area contributed by atoms with Gasteiger partial charge >= 0.3 is 6.18 Å². The van der Waals surface area contributed by atoms with E-state index in [-0.39, 0.29) is 97.8 Å². The summed E-state index contributed by atoms with van der Waals surface area (Å²) in [7, 11) is 3.32. The number of anilines is 3. The van der Waals surface area contributed by atoms with Crippen molar-refractivity contribution in [2.45, 2.75) is 97.6 Å². The maximum atomic E-state index is 14.5. The normalized spacial score (nSPS) is 17.0. The fraction of sp³-hybridized carbons (Fsp3) is 0.441. The largest absolute Gasteiger partial charge is 0.497 e. The van der Waals surface area contributed by atoms with Gasteiger partial charge in [-0.25, -0.2) is 15.0 Å². The summed E-state index contributed by atoms with van der Waals surface area (Å²) in [5, 5.41) is 0. The van der Waals surface area contributed by atoms with Crippen molar-refractivity contribution < 1.29 is 32.3 Å². The summed E-state index contributed by atoms with van der Waals surface area (Å²) in [5.74, 6) is 2.22. The lowest BCUT2D eigenvalue weighted by Crippen LogP contribution is -2.49. The van der Waals surface area contributed by atoms with Crippen LogP contribution in [0.4, 0.5) is 30.5 Å². The Hall–Kier alpha value is -8.30. The van der Waals surface area contributed by atoms with Crippen LogP contribution in [-0.2, 0) is 92.8 Å². The number of ether oxygens (including phenoxy) is 1. The van der Waals surface area contributed by atoms with E-state index in [1.165, 1.54) is 12.4 Å². The molecule has 0 spiro atoms. The van der Waals surface area contributed by atoms with Crippen LogP contribution in [0.25, 0.3) is 0 Å². The number of halogens is 3. The Bertz CT molecular complexity index is 3640. The Balaban J connectivity index is 0.745. The number of hydrogen-bond acceptors (Lipinski definition) is 13. The molecule has 1 aromatic carbocycles. The van der Waals surface area contributed by atoms with Gasteiger partial charge in [0.2, 0.25) is 17.7 Å². The smallest absolute Gasteiger partial charge is 0.417 e. The number of aryl methyl sites for hydroxylation is 3. The van der Waals surface area contributed by atoms with Crippen molar-refractivity contribution in [2.24, 2.45) is 24.8 Å². The second-order valence-corrected chi connectivity index (χ2v) is 22.7. The van der Waals surface area contributed by atoms with Crippen LogP contribution < -0.4 is 36.1 Å². The third-order valence-corrected chi connectivity index (χ3v) is 17.5. The van der Waals surface area contributed by atoms with Gasteiger partial charge in [-0.05, 0) is 83.5 Å². The van der Waals surface area contributed by atoms with Gasteiger partial charge in [-0.2, -0.15) is 13.2 Å². The number of pyridine rings is 4. The standard InChI is InChI=1S/C59H63F3N12O7/c1-36-15-57(79)73(49-33-70(29-45(36)49)54(76)17-39-27-69(28-39)52-9-12-63-35-65-52)13-11-41-20-58(80)74(50-34-72(31-47(41)50)56(78)16-37-23-67(24-37)43-5-4-6-44(21-43)81-3)14-10-40-19-53(75)66(2)48-32-71(30-46(40)48)55(77)18-38-25-68(26-38)51-8-7-42(22-64-51)59(60,61)62/h4-9,12,15,19-22,35,37-39H,10-11,13-14,16-18,23-34H2,1-3H3. The fourth-order valence-electron chi connectivity index (χ4n) is 12.7. The minimum absolute atomic E-state index is 0.0209. The monoisotopic (exact) mass is 1110 g/mol. The van der Waals surface area contributed by atoms with E-state index < -0.39 is 11.7 Å². The number of fused-ring (bicyclic) bond motifs is 3. The van der Waals surface area contributed by atoms with Crippen LogP contribution in [0.3, 0.4) is 0 Å². The maximum absolute atomic E-state index is 14.5. The first-order valence-corrected chi connectivity index (χ1v) is 27.6. The molecule has 0 atom stereocenters. The van der Waals surface area contributed by atoms with Gasteiger partial charge in [0.05, 0.1) is 32.3 Å². The number of aromatic nitrogens is 6. The van der Waals surface area contributed by atoms with E-state index in [1.807, 2.05) is 52.0 Å². The minimum Gasteiger partial charge on any atom is -0.497 e. The number of carbonyl (C=O) groups is 3. The van der Waals surface area contributed by atoms with Crippen LogP contribution in [0.2, 0.25) is 0 Å². The molecule has 6 aromatic rings. The molecule has 422 valence electrons. The summed E-state index contributed by atoms with van der Waals surface area (Å²) in [6.45, 7) is 7.90. The Morgan fingerprint density at radius 3 is 1.67 bits per heavy atom. The van der Waals surface area contributed by atoms with Gasteiger partial charge in [0.15, 0.2) is 0 Å². The zero-order valence-electron chi connectivity index (χ0n) is 45.5. The highest BCUT2D eigenvalue weighted by molar-refractivity contribution is 5.79. The molecule has 19 nitrogen and oxygen atoms in total. The molecular weight excluding hydrogens is 1050 g/mol. The second kappa shape index (κ2) is 21.3. The maximum Gasteiger partial charge on any atom is 0.417 e. The van der Waals surface area contributed by atoms with Crippen molar-refractivity contribution in [1.29, 1.82) is 0 Å². The van der Waals surface area contributed by atoms with E-state index in [2.05, 4.69) is 24.8 Å². The molecule has 12 rings (SSSR count). The molecular formula is C59H63F3N12O7. The molecule has 0 radical (unpaired) electrons. The Morgan fingerprint density at radius 1 is 0.605 bits per heavy atom. The Labute approximate surface area is 464 Å². The molecule has 11 heterocycles. The number of carbonyl (C=O) groups excluding carboxylic acids is 3. The van der Waals surface area contributed by atoms with Gasteiger partial charge < -0.3 is 47.8 Å². The molecule has 6 aliphatic rings. The molecule has 3 fully saturated rings. The molecule has 0 saturated carbocycles.